The number of carbonyl (C=O) groups excluding carboxylic acids is 2. The van der Waals surface area contributed by atoms with Crippen LogP contribution in [0.15, 0.2) is 10.5 Å². The summed E-state index contributed by atoms with van der Waals surface area (Å²) in [7, 11) is 1.84. The lowest BCUT2D eigenvalue weighted by atomic mass is 10.2. The van der Waals surface area contributed by atoms with Crippen LogP contribution in [0.1, 0.15) is 48.1 Å². The highest BCUT2D eigenvalue weighted by atomic mass is 32.2. The molecule has 0 saturated heterocycles. The van der Waals surface area contributed by atoms with E-state index in [1.54, 1.807) is 24.8 Å². The maximum Gasteiger partial charge on any atom is 0.255 e. The SMILES string of the molecule is CCS[C@H]1CC[C@H](N(C)C(=O)CNC(=O)c2cc(C)oc2C)C1. The number of nitrogens with one attached hydrogen (secondary N) is 1. The van der Waals surface area contributed by atoms with Crippen LogP contribution in [0.3, 0.4) is 0 Å². The molecule has 0 bridgehead atoms. The number of furan rings is 1. The summed E-state index contributed by atoms with van der Waals surface area (Å²) in [4.78, 5) is 26.2. The normalized spacial score (nSPS) is 20.5. The van der Waals surface area contributed by atoms with Crippen LogP contribution >= 0.6 is 11.8 Å². The number of carbonyl (C=O) groups is 2. The fraction of sp³-hybridized carbons (Fsp3) is 0.647. The van der Waals surface area contributed by atoms with Gasteiger partial charge in [-0.25, -0.2) is 0 Å². The second-order valence-electron chi connectivity index (χ2n) is 6.06. The lowest BCUT2D eigenvalue weighted by Gasteiger charge is -2.24. The van der Waals surface area contributed by atoms with Gasteiger partial charge in [-0.2, -0.15) is 11.8 Å². The second-order valence-corrected chi connectivity index (χ2v) is 7.64. The lowest BCUT2D eigenvalue weighted by Crippen LogP contribution is -2.42. The Labute approximate surface area is 142 Å². The molecule has 5 nitrogen and oxygen atoms in total. The third-order valence-electron chi connectivity index (χ3n) is 4.39. The summed E-state index contributed by atoms with van der Waals surface area (Å²) < 4.78 is 5.35. The van der Waals surface area contributed by atoms with Crippen molar-refractivity contribution in [3.63, 3.8) is 0 Å². The van der Waals surface area contributed by atoms with Gasteiger partial charge in [-0.15, -0.1) is 0 Å². The Morgan fingerprint density at radius 3 is 2.74 bits per heavy atom. The van der Waals surface area contributed by atoms with E-state index in [0.29, 0.717) is 28.4 Å². The summed E-state index contributed by atoms with van der Waals surface area (Å²) in [6.45, 7) is 5.75. The number of thioether (sulfide) groups is 1. The molecular formula is C17H26N2O3S. The second kappa shape index (κ2) is 7.90. The Bertz CT molecular complexity index is 570. The Balaban J connectivity index is 1.82. The van der Waals surface area contributed by atoms with Crippen LogP contribution in [0, 0.1) is 13.8 Å². The zero-order chi connectivity index (χ0) is 17.0. The molecule has 1 heterocycles. The predicted molar refractivity (Wildman–Crippen MR) is 92.8 cm³/mol. The average molecular weight is 338 g/mol. The topological polar surface area (TPSA) is 62.6 Å². The predicted octanol–water partition coefficient (Wildman–Crippen LogP) is 2.76. The van der Waals surface area contributed by atoms with Crippen molar-refractivity contribution in [2.24, 2.45) is 0 Å². The van der Waals surface area contributed by atoms with E-state index in [0.717, 1.165) is 18.6 Å². The summed E-state index contributed by atoms with van der Waals surface area (Å²) in [6.07, 6.45) is 3.27. The molecule has 0 radical (unpaired) electrons. The number of likely N-dealkylation sites (N-methyl/N-ethyl adjacent to an activating group) is 1. The van der Waals surface area contributed by atoms with Gasteiger partial charge in [0.2, 0.25) is 5.91 Å². The minimum absolute atomic E-state index is 0.0289. The van der Waals surface area contributed by atoms with Crippen LogP contribution in [0.5, 0.6) is 0 Å². The molecule has 2 amide bonds. The zero-order valence-electron chi connectivity index (χ0n) is 14.3. The van der Waals surface area contributed by atoms with Crippen LogP contribution < -0.4 is 5.32 Å². The maximum atomic E-state index is 12.3. The van der Waals surface area contributed by atoms with Crippen molar-refractivity contribution in [2.75, 3.05) is 19.3 Å². The largest absolute Gasteiger partial charge is 0.466 e. The van der Waals surface area contributed by atoms with Crippen LogP contribution in [-0.2, 0) is 4.79 Å². The molecule has 0 unspecified atom stereocenters. The number of nitrogens with zero attached hydrogens (tertiary/aromatic N) is 1. The summed E-state index contributed by atoms with van der Waals surface area (Å²) in [5, 5.41) is 3.36. The van der Waals surface area contributed by atoms with Crippen LogP contribution in [-0.4, -0.2) is 47.4 Å². The molecule has 2 atom stereocenters. The van der Waals surface area contributed by atoms with Gasteiger partial charge in [-0.3, -0.25) is 9.59 Å². The van der Waals surface area contributed by atoms with Gasteiger partial charge in [0.15, 0.2) is 0 Å². The van der Waals surface area contributed by atoms with Crippen molar-refractivity contribution < 1.29 is 14.0 Å². The molecule has 128 valence electrons. The van der Waals surface area contributed by atoms with Gasteiger partial charge in [-0.1, -0.05) is 6.92 Å². The van der Waals surface area contributed by atoms with Crippen molar-refractivity contribution in [1.29, 1.82) is 0 Å². The van der Waals surface area contributed by atoms with Gasteiger partial charge in [0.05, 0.1) is 12.1 Å². The van der Waals surface area contributed by atoms with E-state index in [2.05, 4.69) is 12.2 Å². The first-order valence-corrected chi connectivity index (χ1v) is 9.19. The Hall–Kier alpha value is -1.43. The van der Waals surface area contributed by atoms with E-state index >= 15 is 0 Å². The third kappa shape index (κ3) is 4.53. The van der Waals surface area contributed by atoms with Gasteiger partial charge >= 0.3 is 0 Å². The number of aryl methyl sites for hydroxylation is 2. The van der Waals surface area contributed by atoms with E-state index in [1.165, 1.54) is 6.42 Å². The monoisotopic (exact) mass is 338 g/mol. The minimum Gasteiger partial charge on any atom is -0.466 e. The summed E-state index contributed by atoms with van der Waals surface area (Å²) in [5.74, 6) is 2.10. The third-order valence-corrected chi connectivity index (χ3v) is 5.62. The molecule has 2 rings (SSSR count). The highest BCUT2D eigenvalue weighted by molar-refractivity contribution is 7.99. The molecule has 1 aliphatic rings. The van der Waals surface area contributed by atoms with E-state index in [9.17, 15) is 9.59 Å². The van der Waals surface area contributed by atoms with E-state index < -0.39 is 0 Å². The average Bonchev–Trinajstić information content (AvgIpc) is 3.10. The molecule has 1 aromatic rings. The first-order chi connectivity index (χ1) is 10.9. The number of hydrogen-bond donors (Lipinski definition) is 1. The first-order valence-electron chi connectivity index (χ1n) is 8.14. The van der Waals surface area contributed by atoms with Gasteiger partial charge < -0.3 is 14.6 Å². The van der Waals surface area contributed by atoms with E-state index in [4.69, 9.17) is 4.42 Å². The van der Waals surface area contributed by atoms with Crippen molar-refractivity contribution >= 4 is 23.6 Å². The Morgan fingerprint density at radius 1 is 1.39 bits per heavy atom. The van der Waals surface area contributed by atoms with Crippen molar-refractivity contribution in [1.82, 2.24) is 10.2 Å². The van der Waals surface area contributed by atoms with E-state index in [-0.39, 0.29) is 18.4 Å². The molecule has 1 saturated carbocycles. The van der Waals surface area contributed by atoms with Crippen molar-refractivity contribution in [2.45, 2.75) is 51.3 Å². The number of amides is 2. The maximum absolute atomic E-state index is 12.3. The summed E-state index contributed by atoms with van der Waals surface area (Å²) in [5.41, 5.74) is 0.498. The smallest absolute Gasteiger partial charge is 0.255 e. The molecule has 1 N–H and O–H groups in total. The van der Waals surface area contributed by atoms with Gasteiger partial charge in [0.1, 0.15) is 11.5 Å². The first kappa shape index (κ1) is 17.9. The number of rotatable bonds is 6. The molecule has 6 heteroatoms. The fourth-order valence-corrected chi connectivity index (χ4v) is 4.22. The molecule has 0 spiro atoms. The molecule has 0 aromatic carbocycles. The van der Waals surface area contributed by atoms with Gasteiger partial charge in [0.25, 0.3) is 5.91 Å². The highest BCUT2D eigenvalue weighted by Gasteiger charge is 2.29. The summed E-state index contributed by atoms with van der Waals surface area (Å²) in [6, 6.07) is 1.99. The Morgan fingerprint density at radius 2 is 2.13 bits per heavy atom. The molecule has 23 heavy (non-hydrogen) atoms. The molecule has 1 fully saturated rings. The van der Waals surface area contributed by atoms with Crippen LogP contribution in [0.4, 0.5) is 0 Å². The van der Waals surface area contributed by atoms with Crippen LogP contribution in [0.25, 0.3) is 0 Å². The molecule has 1 aliphatic carbocycles. The highest BCUT2D eigenvalue weighted by Crippen LogP contribution is 2.32. The van der Waals surface area contributed by atoms with Crippen molar-refractivity contribution in [3.8, 4) is 0 Å². The standard InChI is InChI=1S/C17H26N2O3S/c1-5-23-14-7-6-13(9-14)19(4)16(20)10-18-17(21)15-8-11(2)22-12(15)3/h8,13-14H,5-7,9-10H2,1-4H3,(H,18,21)/t13-,14-/m0/s1. The molecular weight excluding hydrogens is 312 g/mol. The zero-order valence-corrected chi connectivity index (χ0v) is 15.2. The summed E-state index contributed by atoms with van der Waals surface area (Å²) >= 11 is 1.97. The lowest BCUT2D eigenvalue weighted by molar-refractivity contribution is -0.130. The van der Waals surface area contributed by atoms with Crippen molar-refractivity contribution in [3.05, 3.63) is 23.2 Å². The minimum atomic E-state index is -0.257. The molecule has 1 aromatic heterocycles. The van der Waals surface area contributed by atoms with Gasteiger partial charge in [0, 0.05) is 18.3 Å². The van der Waals surface area contributed by atoms with E-state index in [1.807, 2.05) is 18.8 Å². The molecule has 0 aliphatic heterocycles. The van der Waals surface area contributed by atoms with Crippen LogP contribution in [0.2, 0.25) is 0 Å². The fourth-order valence-electron chi connectivity index (χ4n) is 3.09. The Kier molecular flexibility index (Phi) is 6.16. The van der Waals surface area contributed by atoms with Gasteiger partial charge in [-0.05, 0) is 44.9 Å². The number of hydrogen-bond acceptors (Lipinski definition) is 4. The quantitative estimate of drug-likeness (QED) is 0.866.